The van der Waals surface area contributed by atoms with E-state index in [2.05, 4.69) is 15.3 Å². The van der Waals surface area contributed by atoms with Gasteiger partial charge in [-0.05, 0) is 18.2 Å². The van der Waals surface area contributed by atoms with Crippen LogP contribution in [0.3, 0.4) is 0 Å². The van der Waals surface area contributed by atoms with Crippen LogP contribution >= 0.6 is 11.6 Å². The molecule has 2 aromatic rings. The molecule has 0 aliphatic rings. The monoisotopic (exact) mass is 310 g/mol. The molecule has 108 valence electrons. The molecule has 1 aromatic carbocycles. The van der Waals surface area contributed by atoms with E-state index in [9.17, 15) is 20.0 Å². The minimum absolute atomic E-state index is 0.0397. The standard InChI is InChI=1S/C11H7ClN4O5/c12-9-8(16(20)21)10(14-4-13-9)15-6-2-1-5(11(18)19)3-7(6)17/h1-4,17H,(H,18,19)(H,13,14,15). The van der Waals surface area contributed by atoms with Crippen molar-refractivity contribution in [2.24, 2.45) is 0 Å². The van der Waals surface area contributed by atoms with E-state index in [1.54, 1.807) is 0 Å². The fourth-order valence-corrected chi connectivity index (χ4v) is 1.71. The highest BCUT2D eigenvalue weighted by molar-refractivity contribution is 6.31. The lowest BCUT2D eigenvalue weighted by molar-refractivity contribution is -0.384. The van der Waals surface area contributed by atoms with E-state index in [4.69, 9.17) is 16.7 Å². The summed E-state index contributed by atoms with van der Waals surface area (Å²) in [7, 11) is 0. The van der Waals surface area contributed by atoms with Crippen molar-refractivity contribution in [2.75, 3.05) is 5.32 Å². The van der Waals surface area contributed by atoms with Crippen LogP contribution in [0.1, 0.15) is 10.4 Å². The quantitative estimate of drug-likeness (QED) is 0.338. The number of nitro groups is 1. The number of aromatic hydroxyl groups is 1. The molecule has 0 fully saturated rings. The Kier molecular flexibility index (Phi) is 3.85. The third-order valence-electron chi connectivity index (χ3n) is 2.46. The number of phenolic OH excluding ortho intramolecular Hbond substituents is 1. The van der Waals surface area contributed by atoms with Crippen molar-refractivity contribution < 1.29 is 19.9 Å². The van der Waals surface area contributed by atoms with Gasteiger partial charge in [-0.3, -0.25) is 10.1 Å². The van der Waals surface area contributed by atoms with Crippen LogP contribution < -0.4 is 5.32 Å². The molecule has 9 nitrogen and oxygen atoms in total. The van der Waals surface area contributed by atoms with Gasteiger partial charge in [0.25, 0.3) is 0 Å². The van der Waals surface area contributed by atoms with Gasteiger partial charge in [0.05, 0.1) is 16.2 Å². The Morgan fingerprint density at radius 3 is 2.67 bits per heavy atom. The highest BCUT2D eigenvalue weighted by Crippen LogP contribution is 2.33. The van der Waals surface area contributed by atoms with Crippen LogP contribution in [0.4, 0.5) is 17.2 Å². The highest BCUT2D eigenvalue weighted by atomic mass is 35.5. The topological polar surface area (TPSA) is 138 Å². The molecule has 0 saturated carbocycles. The van der Waals surface area contributed by atoms with Crippen molar-refractivity contribution in [3.8, 4) is 5.75 Å². The Labute approximate surface area is 122 Å². The number of hydrogen-bond donors (Lipinski definition) is 3. The number of rotatable bonds is 4. The van der Waals surface area contributed by atoms with Gasteiger partial charge in [0.15, 0.2) is 0 Å². The smallest absolute Gasteiger partial charge is 0.348 e. The first-order valence-electron chi connectivity index (χ1n) is 5.38. The number of carboxylic acid groups (broad SMARTS) is 1. The van der Waals surface area contributed by atoms with Crippen molar-refractivity contribution in [2.45, 2.75) is 0 Å². The van der Waals surface area contributed by atoms with Crippen LogP contribution in [0, 0.1) is 10.1 Å². The van der Waals surface area contributed by atoms with Gasteiger partial charge in [-0.2, -0.15) is 0 Å². The molecule has 0 spiro atoms. The van der Waals surface area contributed by atoms with Crippen molar-refractivity contribution in [3.05, 3.63) is 45.4 Å². The van der Waals surface area contributed by atoms with Gasteiger partial charge in [-0.1, -0.05) is 11.6 Å². The van der Waals surface area contributed by atoms with Crippen molar-refractivity contribution in [1.29, 1.82) is 0 Å². The number of anilines is 2. The molecule has 0 radical (unpaired) electrons. The molecule has 1 aromatic heterocycles. The SMILES string of the molecule is O=C(O)c1ccc(Nc2ncnc(Cl)c2[N+](=O)[O-])c(O)c1. The number of hydrogen-bond acceptors (Lipinski definition) is 7. The molecule has 1 heterocycles. The number of aromatic nitrogens is 2. The number of nitrogens with one attached hydrogen (secondary N) is 1. The minimum Gasteiger partial charge on any atom is -0.506 e. The molecule has 21 heavy (non-hydrogen) atoms. The van der Waals surface area contributed by atoms with Crippen LogP contribution in [-0.2, 0) is 0 Å². The maximum atomic E-state index is 10.9. The Balaban J connectivity index is 2.42. The third-order valence-corrected chi connectivity index (χ3v) is 2.73. The first kappa shape index (κ1) is 14.5. The van der Waals surface area contributed by atoms with Gasteiger partial charge >= 0.3 is 11.7 Å². The average molecular weight is 311 g/mol. The molecule has 0 atom stereocenters. The van der Waals surface area contributed by atoms with Crippen molar-refractivity contribution >= 4 is 34.8 Å². The van der Waals surface area contributed by atoms with E-state index in [0.29, 0.717) is 0 Å². The normalized spacial score (nSPS) is 10.1. The minimum atomic E-state index is -1.21. The lowest BCUT2D eigenvalue weighted by atomic mass is 10.2. The van der Waals surface area contributed by atoms with Crippen LogP contribution in [-0.4, -0.2) is 31.1 Å². The Bertz CT molecular complexity index is 737. The van der Waals surface area contributed by atoms with Crippen molar-refractivity contribution in [3.63, 3.8) is 0 Å². The third kappa shape index (κ3) is 2.98. The number of benzene rings is 1. The predicted molar refractivity (Wildman–Crippen MR) is 72.0 cm³/mol. The second-order valence-electron chi connectivity index (χ2n) is 3.78. The van der Waals surface area contributed by atoms with E-state index < -0.39 is 22.3 Å². The first-order valence-corrected chi connectivity index (χ1v) is 5.76. The maximum absolute atomic E-state index is 10.9. The van der Waals surface area contributed by atoms with Crippen molar-refractivity contribution in [1.82, 2.24) is 9.97 Å². The second kappa shape index (κ2) is 5.59. The maximum Gasteiger partial charge on any atom is 0.348 e. The van der Waals surface area contributed by atoms with E-state index in [0.717, 1.165) is 12.4 Å². The Morgan fingerprint density at radius 1 is 1.38 bits per heavy atom. The molecule has 0 saturated heterocycles. The summed E-state index contributed by atoms with van der Waals surface area (Å²) in [6.45, 7) is 0. The van der Waals surface area contributed by atoms with Gasteiger partial charge in [-0.15, -0.1) is 0 Å². The highest BCUT2D eigenvalue weighted by Gasteiger charge is 2.22. The van der Waals surface area contributed by atoms with E-state index in [-0.39, 0.29) is 22.2 Å². The zero-order valence-corrected chi connectivity index (χ0v) is 10.9. The van der Waals surface area contributed by atoms with Crippen LogP contribution in [0.25, 0.3) is 0 Å². The molecule has 0 aliphatic carbocycles. The molecule has 3 N–H and O–H groups in total. The zero-order chi connectivity index (χ0) is 15.6. The average Bonchev–Trinajstić information content (AvgIpc) is 2.40. The summed E-state index contributed by atoms with van der Waals surface area (Å²) >= 11 is 5.62. The van der Waals surface area contributed by atoms with Crippen LogP contribution in [0.5, 0.6) is 5.75 Å². The number of phenols is 1. The molecular formula is C11H7ClN4O5. The molecule has 0 bridgehead atoms. The summed E-state index contributed by atoms with van der Waals surface area (Å²) in [5.74, 6) is -1.84. The number of nitrogens with zero attached hydrogens (tertiary/aromatic N) is 3. The zero-order valence-electron chi connectivity index (χ0n) is 10.1. The summed E-state index contributed by atoms with van der Waals surface area (Å²) < 4.78 is 0. The molecule has 0 aliphatic heterocycles. The summed E-state index contributed by atoms with van der Waals surface area (Å²) in [5.41, 5.74) is -0.646. The van der Waals surface area contributed by atoms with Gasteiger partial charge in [0, 0.05) is 0 Å². The number of aromatic carboxylic acids is 1. The number of carboxylic acids is 1. The molecule has 0 unspecified atom stereocenters. The van der Waals surface area contributed by atoms with E-state index >= 15 is 0 Å². The van der Waals surface area contributed by atoms with Crippen LogP contribution in [0.15, 0.2) is 24.5 Å². The largest absolute Gasteiger partial charge is 0.506 e. The Hall–Kier alpha value is -2.94. The fourth-order valence-electron chi connectivity index (χ4n) is 1.51. The first-order chi connectivity index (χ1) is 9.90. The summed E-state index contributed by atoms with van der Waals surface area (Å²) in [5, 5.41) is 31.6. The summed E-state index contributed by atoms with van der Waals surface area (Å²) in [6, 6.07) is 3.47. The summed E-state index contributed by atoms with van der Waals surface area (Å²) in [6.07, 6.45) is 1.01. The van der Waals surface area contributed by atoms with Gasteiger partial charge in [-0.25, -0.2) is 14.8 Å². The summed E-state index contributed by atoms with van der Waals surface area (Å²) in [4.78, 5) is 28.1. The second-order valence-corrected chi connectivity index (χ2v) is 4.14. The number of carbonyl (C=O) groups is 1. The van der Waals surface area contributed by atoms with Gasteiger partial charge in [0.2, 0.25) is 11.0 Å². The van der Waals surface area contributed by atoms with E-state index in [1.165, 1.54) is 12.1 Å². The Morgan fingerprint density at radius 2 is 2.10 bits per heavy atom. The van der Waals surface area contributed by atoms with Crippen LogP contribution in [0.2, 0.25) is 5.15 Å². The predicted octanol–water partition coefficient (Wildman–Crippen LogP) is 2.19. The van der Waals surface area contributed by atoms with E-state index in [1.807, 2.05) is 0 Å². The molecular weight excluding hydrogens is 304 g/mol. The lowest BCUT2D eigenvalue weighted by Gasteiger charge is -2.08. The lowest BCUT2D eigenvalue weighted by Crippen LogP contribution is -2.02. The molecule has 2 rings (SSSR count). The molecule has 10 heteroatoms. The fraction of sp³-hybridized carbons (Fsp3) is 0. The van der Waals surface area contributed by atoms with Gasteiger partial charge in [0.1, 0.15) is 12.1 Å². The van der Waals surface area contributed by atoms with Gasteiger partial charge < -0.3 is 15.5 Å². The molecule has 0 amide bonds. The number of halogens is 1.